The molecule has 1 heterocycles. The van der Waals surface area contributed by atoms with Gasteiger partial charge >= 0.3 is 221 Å². The number of alkyl halides is 12. The third kappa shape index (κ3) is 6.67. The predicted molar refractivity (Wildman–Crippen MR) is 124 cm³/mol. The number of nitrogens with zero attached hydrogens (tertiary/aromatic N) is 1. The van der Waals surface area contributed by atoms with Gasteiger partial charge in [-0.15, -0.1) is 0 Å². The molecule has 18 heteroatoms. The Morgan fingerprint density at radius 3 is 1.37 bits per heavy atom. The Morgan fingerprint density at radius 2 is 1.11 bits per heavy atom. The molecule has 0 amide bonds. The quantitative estimate of drug-likeness (QED) is 0.169. The Morgan fingerprint density at radius 1 is 0.737 bits per heavy atom. The monoisotopic (exact) mass is 682 g/mol. The number of rotatable bonds is 4. The molecule has 0 aliphatic carbocycles. The van der Waals surface area contributed by atoms with Crippen molar-refractivity contribution in [2.45, 2.75) is 114 Å². The number of hydrogen-bond acceptors (Lipinski definition) is 3. The van der Waals surface area contributed by atoms with E-state index in [9.17, 15) is 52.7 Å². The van der Waals surface area contributed by atoms with Crippen molar-refractivity contribution in [1.29, 1.82) is 0 Å². The molecule has 1 aliphatic rings. The molecule has 1 aliphatic heterocycles. The van der Waals surface area contributed by atoms with E-state index in [0.717, 1.165) is 0 Å². The van der Waals surface area contributed by atoms with Crippen LogP contribution >= 0.6 is 15.6 Å². The molecule has 0 aromatic rings. The second-order valence-corrected chi connectivity index (χ2v) is 22.3. The van der Waals surface area contributed by atoms with Crippen LogP contribution < -0.4 is 0 Å². The van der Waals surface area contributed by atoms with Crippen LogP contribution in [0.4, 0.5) is 52.7 Å². The molecule has 0 saturated carbocycles. The molecule has 0 bridgehead atoms. The molecule has 0 fully saturated rings. The molecule has 0 N–H and O–H groups in total. The molecule has 1 unspecified atom stereocenters. The van der Waals surface area contributed by atoms with Gasteiger partial charge in [-0.1, -0.05) is 0 Å². The first-order valence-corrected chi connectivity index (χ1v) is 16.9. The first-order chi connectivity index (χ1) is 16.2. The average molecular weight is 681 g/mol. The summed E-state index contributed by atoms with van der Waals surface area (Å²) in [7, 11) is -5.18. The Kier molecular flexibility index (Phi) is 9.77. The maximum absolute atomic E-state index is 14.2. The van der Waals surface area contributed by atoms with Crippen LogP contribution in [0.1, 0.15) is 62.3 Å². The van der Waals surface area contributed by atoms with Crippen LogP contribution in [-0.2, 0) is 7.53 Å². The fourth-order valence-corrected chi connectivity index (χ4v) is 20.0. The summed E-state index contributed by atoms with van der Waals surface area (Å²) in [6.07, 6.45) is -28.5. The van der Waals surface area contributed by atoms with E-state index in [0.29, 0.717) is 0 Å². The number of hydrogen-bond donors (Lipinski definition) is 0. The second kappa shape index (κ2) is 10.2. The fraction of sp³-hybridized carbons (Fsp3) is 1.00. The molecule has 0 aromatic heterocycles. The van der Waals surface area contributed by atoms with E-state index >= 15 is 0 Å². The van der Waals surface area contributed by atoms with E-state index in [1.165, 1.54) is 62.3 Å². The number of halogens is 12. The van der Waals surface area contributed by atoms with Gasteiger partial charge < -0.3 is 0 Å². The van der Waals surface area contributed by atoms with Gasteiger partial charge in [0.25, 0.3) is 0 Å². The van der Waals surface area contributed by atoms with E-state index in [4.69, 9.17) is 0 Å². The standard InChI is InChI=1S/C20H32F12GeNO2P2/c1-12(2,3)37-10-15(17(21,22)23,18(24,25)26)35-33-34-38(13(4,5)6,14(7,8)9)11-16(36-33,19(27,28)29)20(30,31)32/h37H,10-11H2,1-9H3. The summed E-state index contributed by atoms with van der Waals surface area (Å²) in [5.41, 5.74) is -10.1. The zero-order chi connectivity index (χ0) is 30.8. The topological polar surface area (TPSA) is 30.8 Å². The molecule has 3 nitrogen and oxygen atoms in total. The van der Waals surface area contributed by atoms with E-state index in [1.807, 2.05) is 0 Å². The molecule has 38 heavy (non-hydrogen) atoms. The molecule has 0 aromatic carbocycles. The zero-order valence-electron chi connectivity index (χ0n) is 22.2. The average Bonchev–Trinajstić information content (AvgIpc) is 2.58. The van der Waals surface area contributed by atoms with Crippen molar-refractivity contribution in [2.75, 3.05) is 12.3 Å². The summed E-state index contributed by atoms with van der Waals surface area (Å²) >= 11 is -5.77. The van der Waals surface area contributed by atoms with Crippen LogP contribution in [-0.4, -0.2) is 78.9 Å². The van der Waals surface area contributed by atoms with Crippen LogP contribution in [0, 0.1) is 0 Å². The van der Waals surface area contributed by atoms with Gasteiger partial charge in [0.2, 0.25) is 0 Å². The first-order valence-electron chi connectivity index (χ1n) is 11.1. The minimum atomic E-state index is -6.25. The first kappa shape index (κ1) is 36.3. The van der Waals surface area contributed by atoms with Gasteiger partial charge in [-0.3, -0.25) is 0 Å². The molecule has 0 saturated heterocycles. The van der Waals surface area contributed by atoms with Crippen molar-refractivity contribution >= 4 is 30.9 Å². The maximum atomic E-state index is 14.2. The molecule has 0 spiro atoms. The Balaban J connectivity index is 4.18. The predicted octanol–water partition coefficient (Wildman–Crippen LogP) is 9.02. The van der Waals surface area contributed by atoms with Gasteiger partial charge in [0.1, 0.15) is 0 Å². The van der Waals surface area contributed by atoms with Gasteiger partial charge in [0.15, 0.2) is 0 Å². The van der Waals surface area contributed by atoms with Gasteiger partial charge in [-0.05, 0) is 0 Å². The summed E-state index contributed by atoms with van der Waals surface area (Å²) in [5, 5.41) is -4.09. The van der Waals surface area contributed by atoms with Crippen molar-refractivity contribution in [3.05, 3.63) is 0 Å². The SMILES string of the molecule is CC(C)(C)PCC([O][Ge]1[N]=P(C(C)(C)C)(C(C)(C)C)CC(C(F)(F)F)(C(F)(F)F)[O]1)(C(F)(F)F)C(F)(F)F. The zero-order valence-corrected chi connectivity index (χ0v) is 26.2. The molecule has 1 radical (unpaired) electrons. The van der Waals surface area contributed by atoms with Crippen molar-refractivity contribution < 1.29 is 60.2 Å². The second-order valence-electron chi connectivity index (χ2n) is 12.1. The van der Waals surface area contributed by atoms with Gasteiger partial charge in [0.05, 0.1) is 0 Å². The van der Waals surface area contributed by atoms with Crippen molar-refractivity contribution in [1.82, 2.24) is 0 Å². The van der Waals surface area contributed by atoms with Crippen LogP contribution in [0.25, 0.3) is 0 Å². The Bertz CT molecular complexity index is 860. The van der Waals surface area contributed by atoms with Gasteiger partial charge in [-0.2, -0.15) is 0 Å². The van der Waals surface area contributed by atoms with Crippen LogP contribution in [0.3, 0.4) is 0 Å². The van der Waals surface area contributed by atoms with E-state index in [-0.39, 0.29) is 0 Å². The third-order valence-corrected chi connectivity index (χ3v) is 19.1. The van der Waals surface area contributed by atoms with E-state index in [2.05, 4.69) is 11.2 Å². The minimum absolute atomic E-state index is 1.08. The molecular weight excluding hydrogens is 649 g/mol. The summed E-state index contributed by atoms with van der Waals surface area (Å²) in [6.45, 7) is 11.6. The molecule has 1 atom stereocenters. The summed E-state index contributed by atoms with van der Waals surface area (Å²) in [4.78, 5) is 0. The Labute approximate surface area is 221 Å². The van der Waals surface area contributed by atoms with E-state index in [1.54, 1.807) is 0 Å². The van der Waals surface area contributed by atoms with Crippen molar-refractivity contribution in [3.8, 4) is 0 Å². The molecule has 227 valence electrons. The van der Waals surface area contributed by atoms with Crippen molar-refractivity contribution in [2.24, 2.45) is 3.70 Å². The Hall–Kier alpha value is 0.283. The van der Waals surface area contributed by atoms with Crippen LogP contribution in [0.2, 0.25) is 0 Å². The van der Waals surface area contributed by atoms with Crippen molar-refractivity contribution in [3.63, 3.8) is 0 Å². The molecular formula is C20H32F12GeNO2P2. The van der Waals surface area contributed by atoms with E-state index < -0.39 is 94.6 Å². The van der Waals surface area contributed by atoms with Gasteiger partial charge in [-0.25, -0.2) is 0 Å². The van der Waals surface area contributed by atoms with Gasteiger partial charge in [0, 0.05) is 0 Å². The summed E-state index contributed by atoms with van der Waals surface area (Å²) in [5.74, 6) is 0. The van der Waals surface area contributed by atoms with Crippen LogP contribution in [0.15, 0.2) is 3.70 Å². The fourth-order valence-electron chi connectivity index (χ4n) is 4.03. The third-order valence-electron chi connectivity index (χ3n) is 6.15. The normalized spacial score (nSPS) is 21.2. The van der Waals surface area contributed by atoms with Crippen LogP contribution in [0.5, 0.6) is 0 Å². The molecule has 1 rings (SSSR count). The summed E-state index contributed by atoms with van der Waals surface area (Å²) in [6, 6.07) is 0. The summed E-state index contributed by atoms with van der Waals surface area (Å²) < 4.78 is 183.